The summed E-state index contributed by atoms with van der Waals surface area (Å²) >= 11 is 4.38. The van der Waals surface area contributed by atoms with Crippen molar-refractivity contribution < 1.29 is 9.57 Å². The van der Waals surface area contributed by atoms with E-state index in [0.717, 1.165) is 16.3 Å². The molecule has 0 saturated carbocycles. The summed E-state index contributed by atoms with van der Waals surface area (Å²) in [5.41, 5.74) is 1.24. The molecule has 0 aliphatic carbocycles. The van der Waals surface area contributed by atoms with Crippen LogP contribution in [0.2, 0.25) is 0 Å². The van der Waals surface area contributed by atoms with Gasteiger partial charge in [0.2, 0.25) is 0 Å². The number of rotatable bonds is 1. The molecule has 2 heterocycles. The molecule has 5 nitrogen and oxygen atoms in total. The Morgan fingerprint density at radius 3 is 2.62 bits per heavy atom. The highest BCUT2D eigenvalue weighted by atomic mass is 32.1. The lowest BCUT2D eigenvalue weighted by atomic mass is 10.1. The number of hydrogen-bond donors (Lipinski definition) is 1. The molecule has 1 aromatic rings. The zero-order chi connectivity index (χ0) is 11.9. The van der Waals surface area contributed by atoms with Gasteiger partial charge in [0.05, 0.1) is 11.3 Å². The molecule has 0 unspecified atom stereocenters. The summed E-state index contributed by atoms with van der Waals surface area (Å²) in [7, 11) is 1.83. The first kappa shape index (κ1) is 11.3. The quantitative estimate of drug-likeness (QED) is 0.758. The Hall–Kier alpha value is -1.17. The molecular formula is C10H15N3O2S. The molecule has 2 rings (SSSR count). The smallest absolute Gasteiger partial charge is 0.262 e. The van der Waals surface area contributed by atoms with E-state index in [1.807, 2.05) is 27.8 Å². The Bertz CT molecular complexity index is 451. The van der Waals surface area contributed by atoms with Gasteiger partial charge in [0.1, 0.15) is 10.6 Å². The van der Waals surface area contributed by atoms with Crippen molar-refractivity contribution in [3.63, 3.8) is 0 Å². The summed E-state index contributed by atoms with van der Waals surface area (Å²) in [6.45, 7) is 6.23. The molecule has 0 atom stereocenters. The van der Waals surface area contributed by atoms with Crippen molar-refractivity contribution in [2.75, 3.05) is 6.61 Å². The van der Waals surface area contributed by atoms with Crippen LogP contribution in [0, 0.1) is 6.92 Å². The molecule has 0 spiro atoms. The van der Waals surface area contributed by atoms with E-state index in [0.29, 0.717) is 12.5 Å². The van der Waals surface area contributed by atoms with Gasteiger partial charge >= 0.3 is 0 Å². The fourth-order valence-electron chi connectivity index (χ4n) is 1.55. The Labute approximate surface area is 99.8 Å². The molecule has 0 N–H and O–H groups in total. The third-order valence-corrected chi connectivity index (χ3v) is 2.85. The lowest BCUT2D eigenvalue weighted by molar-refractivity contribution is -0.0428. The van der Waals surface area contributed by atoms with Crippen LogP contribution >= 0.6 is 12.6 Å². The van der Waals surface area contributed by atoms with Crippen LogP contribution in [0.5, 0.6) is 0 Å². The van der Waals surface area contributed by atoms with Crippen LogP contribution in [0.4, 0.5) is 0 Å². The predicted molar refractivity (Wildman–Crippen MR) is 62.9 cm³/mol. The second kappa shape index (κ2) is 3.69. The lowest BCUT2D eigenvalue weighted by Crippen LogP contribution is -2.37. The number of ether oxygens (including phenoxy) is 1. The van der Waals surface area contributed by atoms with E-state index in [4.69, 9.17) is 9.57 Å². The highest BCUT2D eigenvalue weighted by Crippen LogP contribution is 2.24. The highest BCUT2D eigenvalue weighted by molar-refractivity contribution is 7.80. The molecule has 0 aromatic carbocycles. The summed E-state index contributed by atoms with van der Waals surface area (Å²) in [5.74, 6) is 0.451. The fourth-order valence-corrected chi connectivity index (χ4v) is 1.85. The highest BCUT2D eigenvalue weighted by Gasteiger charge is 2.30. The van der Waals surface area contributed by atoms with Gasteiger partial charge in [-0.05, 0) is 25.9 Å². The summed E-state index contributed by atoms with van der Waals surface area (Å²) in [5, 5.41) is 8.90. The van der Waals surface area contributed by atoms with E-state index in [9.17, 15) is 0 Å². The van der Waals surface area contributed by atoms with Crippen molar-refractivity contribution in [3.05, 3.63) is 11.3 Å². The van der Waals surface area contributed by atoms with Crippen LogP contribution < -0.4 is 0 Å². The predicted octanol–water partition coefficient (Wildman–Crippen LogP) is 1.50. The molecular weight excluding hydrogens is 226 g/mol. The number of nitrogens with zero attached hydrogens (tertiary/aromatic N) is 3. The molecule has 1 aromatic heterocycles. The van der Waals surface area contributed by atoms with Crippen molar-refractivity contribution >= 4 is 18.5 Å². The molecule has 0 amide bonds. The van der Waals surface area contributed by atoms with Crippen LogP contribution in [-0.4, -0.2) is 27.9 Å². The molecule has 0 radical (unpaired) electrons. The van der Waals surface area contributed by atoms with Crippen molar-refractivity contribution in [2.45, 2.75) is 31.4 Å². The van der Waals surface area contributed by atoms with Gasteiger partial charge in [0.25, 0.3) is 5.90 Å². The first-order chi connectivity index (χ1) is 7.41. The van der Waals surface area contributed by atoms with Crippen LogP contribution in [0.3, 0.4) is 0 Å². The SMILES string of the molecule is Cc1nn(C)c(S)c1C1=NOCC(C)(C)O1. The van der Waals surface area contributed by atoms with Crippen LogP contribution in [0.25, 0.3) is 0 Å². The zero-order valence-electron chi connectivity index (χ0n) is 9.81. The Morgan fingerprint density at radius 2 is 2.12 bits per heavy atom. The third kappa shape index (κ3) is 1.89. The average molecular weight is 241 g/mol. The van der Waals surface area contributed by atoms with Gasteiger partial charge in [0, 0.05) is 7.05 Å². The number of aryl methyl sites for hydroxylation is 2. The van der Waals surface area contributed by atoms with E-state index in [1.54, 1.807) is 4.68 Å². The van der Waals surface area contributed by atoms with E-state index >= 15 is 0 Å². The summed E-state index contributed by atoms with van der Waals surface area (Å²) < 4.78 is 7.44. The molecule has 16 heavy (non-hydrogen) atoms. The molecule has 1 aliphatic heterocycles. The zero-order valence-corrected chi connectivity index (χ0v) is 10.7. The van der Waals surface area contributed by atoms with Crippen molar-refractivity contribution in [2.24, 2.45) is 12.2 Å². The van der Waals surface area contributed by atoms with E-state index in [1.165, 1.54) is 0 Å². The fraction of sp³-hybridized carbons (Fsp3) is 0.600. The molecule has 88 valence electrons. The molecule has 0 bridgehead atoms. The normalized spacial score (nSPS) is 18.7. The number of hydrogen-bond acceptors (Lipinski definition) is 5. The van der Waals surface area contributed by atoms with Crippen LogP contribution in [0.1, 0.15) is 25.1 Å². The second-order valence-electron chi connectivity index (χ2n) is 4.44. The number of oxime groups is 1. The summed E-state index contributed by atoms with van der Waals surface area (Å²) in [6.07, 6.45) is 0. The van der Waals surface area contributed by atoms with Gasteiger partial charge in [-0.25, -0.2) is 0 Å². The van der Waals surface area contributed by atoms with E-state index in [2.05, 4.69) is 22.9 Å². The minimum Gasteiger partial charge on any atom is -0.465 e. The van der Waals surface area contributed by atoms with Gasteiger partial charge in [-0.2, -0.15) is 5.10 Å². The lowest BCUT2D eigenvalue weighted by Gasteiger charge is -2.29. The average Bonchev–Trinajstić information content (AvgIpc) is 2.39. The van der Waals surface area contributed by atoms with Crippen molar-refractivity contribution in [3.8, 4) is 0 Å². The topological polar surface area (TPSA) is 48.6 Å². The molecule has 6 heteroatoms. The Morgan fingerprint density at radius 1 is 1.44 bits per heavy atom. The largest absolute Gasteiger partial charge is 0.465 e. The molecule has 0 saturated heterocycles. The minimum atomic E-state index is -0.375. The maximum absolute atomic E-state index is 5.76. The van der Waals surface area contributed by atoms with E-state index < -0.39 is 0 Å². The second-order valence-corrected chi connectivity index (χ2v) is 4.86. The van der Waals surface area contributed by atoms with Gasteiger partial charge < -0.3 is 9.57 Å². The number of aromatic nitrogens is 2. The maximum atomic E-state index is 5.76. The minimum absolute atomic E-state index is 0.375. The number of thiol groups is 1. The monoisotopic (exact) mass is 241 g/mol. The van der Waals surface area contributed by atoms with Crippen molar-refractivity contribution in [1.29, 1.82) is 0 Å². The molecule has 1 aliphatic rings. The van der Waals surface area contributed by atoms with Gasteiger partial charge in [-0.3, -0.25) is 4.68 Å². The van der Waals surface area contributed by atoms with Gasteiger partial charge in [0.15, 0.2) is 6.61 Å². The van der Waals surface area contributed by atoms with Crippen LogP contribution in [0.15, 0.2) is 10.2 Å². The van der Waals surface area contributed by atoms with E-state index in [-0.39, 0.29) is 5.60 Å². The molecule has 0 fully saturated rings. The first-order valence-electron chi connectivity index (χ1n) is 5.02. The van der Waals surface area contributed by atoms with Gasteiger partial charge in [-0.1, -0.05) is 0 Å². The Balaban J connectivity index is 2.41. The Kier molecular flexibility index (Phi) is 2.61. The van der Waals surface area contributed by atoms with Crippen LogP contribution in [-0.2, 0) is 16.6 Å². The maximum Gasteiger partial charge on any atom is 0.262 e. The summed E-state index contributed by atoms with van der Waals surface area (Å²) in [6, 6.07) is 0. The van der Waals surface area contributed by atoms with Gasteiger partial charge in [-0.15, -0.1) is 12.6 Å². The summed E-state index contributed by atoms with van der Waals surface area (Å²) in [4.78, 5) is 5.16. The standard InChI is InChI=1S/C10H15N3O2S/c1-6-7(9(16)13(4)11-6)8-12-14-5-10(2,3)15-8/h16H,5H2,1-4H3. The first-order valence-corrected chi connectivity index (χ1v) is 5.47. The third-order valence-electron chi connectivity index (χ3n) is 2.34. The van der Waals surface area contributed by atoms with Crippen molar-refractivity contribution in [1.82, 2.24) is 9.78 Å².